The Hall–Kier alpha value is -3.75. The van der Waals surface area contributed by atoms with E-state index in [0.717, 1.165) is 16.7 Å². The van der Waals surface area contributed by atoms with E-state index in [1.54, 1.807) is 18.2 Å². The van der Waals surface area contributed by atoms with Gasteiger partial charge in [-0.2, -0.15) is 0 Å². The molecule has 2 N–H and O–H groups in total. The number of benzene rings is 3. The number of rotatable bonds is 8. The molecule has 0 spiro atoms. The fourth-order valence-corrected chi connectivity index (χ4v) is 4.96. The summed E-state index contributed by atoms with van der Waals surface area (Å²) < 4.78 is 14.1. The molecule has 1 fully saturated rings. The maximum absolute atomic E-state index is 14.1. The largest absolute Gasteiger partial charge is 0.380 e. The summed E-state index contributed by atoms with van der Waals surface area (Å²) in [5.74, 6) is -1.41. The third kappa shape index (κ3) is 6.46. The Balaban J connectivity index is 1.32. The number of nitrogens with zero attached hydrogens (tertiary/aromatic N) is 3. The predicted octanol–water partition coefficient (Wildman–Crippen LogP) is 3.65. The molecule has 39 heavy (non-hydrogen) atoms. The normalized spacial score (nSPS) is 15.3. The highest BCUT2D eigenvalue weighted by molar-refractivity contribution is 5.90. The van der Waals surface area contributed by atoms with Crippen LogP contribution in [0.15, 0.2) is 72.8 Å². The molecule has 0 saturated carbocycles. The first kappa shape index (κ1) is 28.3. The van der Waals surface area contributed by atoms with Crippen molar-refractivity contribution in [2.45, 2.75) is 38.5 Å². The molecule has 0 aromatic heterocycles. The van der Waals surface area contributed by atoms with Crippen molar-refractivity contribution in [1.29, 1.82) is 0 Å². The van der Waals surface area contributed by atoms with Gasteiger partial charge >= 0.3 is 0 Å². The number of hydrogen-bond donors (Lipinski definition) is 2. The second kappa shape index (κ2) is 12.4. The fourth-order valence-electron chi connectivity index (χ4n) is 4.96. The summed E-state index contributed by atoms with van der Waals surface area (Å²) in [7, 11) is 1.53. The van der Waals surface area contributed by atoms with Gasteiger partial charge in [-0.1, -0.05) is 74.5 Å². The van der Waals surface area contributed by atoms with Crippen LogP contribution in [0, 0.1) is 5.82 Å². The number of aliphatic hydroxyl groups is 2. The van der Waals surface area contributed by atoms with Gasteiger partial charge in [0.1, 0.15) is 5.82 Å². The number of para-hydroxylation sites is 1. The lowest BCUT2D eigenvalue weighted by Crippen LogP contribution is -2.55. The Bertz CT molecular complexity index is 1290. The summed E-state index contributed by atoms with van der Waals surface area (Å²) >= 11 is 0. The van der Waals surface area contributed by atoms with E-state index in [2.05, 4.69) is 26.0 Å². The molecule has 0 radical (unpaired) electrons. The third-order valence-electron chi connectivity index (χ3n) is 7.23. The van der Waals surface area contributed by atoms with Crippen molar-refractivity contribution in [3.8, 4) is 11.1 Å². The van der Waals surface area contributed by atoms with Crippen molar-refractivity contribution in [2.24, 2.45) is 0 Å². The quantitative estimate of drug-likeness (QED) is 0.462. The van der Waals surface area contributed by atoms with Gasteiger partial charge in [0.2, 0.25) is 0 Å². The van der Waals surface area contributed by atoms with Crippen LogP contribution in [0.3, 0.4) is 0 Å². The Morgan fingerprint density at radius 2 is 1.49 bits per heavy atom. The lowest BCUT2D eigenvalue weighted by Gasteiger charge is -2.37. The van der Waals surface area contributed by atoms with Crippen molar-refractivity contribution >= 4 is 17.5 Å². The van der Waals surface area contributed by atoms with Crippen molar-refractivity contribution in [1.82, 2.24) is 9.80 Å². The number of anilines is 1. The third-order valence-corrected chi connectivity index (χ3v) is 7.23. The van der Waals surface area contributed by atoms with E-state index in [-0.39, 0.29) is 25.5 Å². The minimum Gasteiger partial charge on any atom is -0.380 e. The van der Waals surface area contributed by atoms with Gasteiger partial charge in [-0.3, -0.25) is 9.59 Å². The number of carbonyl (C=O) groups is 2. The van der Waals surface area contributed by atoms with Gasteiger partial charge in [0, 0.05) is 39.8 Å². The highest BCUT2D eigenvalue weighted by Gasteiger charge is 2.36. The van der Waals surface area contributed by atoms with Crippen LogP contribution >= 0.6 is 0 Å². The predicted molar refractivity (Wildman–Crippen MR) is 150 cm³/mol. The first-order chi connectivity index (χ1) is 18.7. The lowest BCUT2D eigenvalue weighted by atomic mass is 9.92. The van der Waals surface area contributed by atoms with Crippen LogP contribution in [0.2, 0.25) is 0 Å². The zero-order valence-electron chi connectivity index (χ0n) is 22.6. The van der Waals surface area contributed by atoms with Gasteiger partial charge in [0.05, 0.1) is 5.69 Å². The Morgan fingerprint density at radius 3 is 2.13 bits per heavy atom. The Labute approximate surface area is 229 Å². The molecular formula is C31H36FN3O4. The maximum atomic E-state index is 14.1. The maximum Gasteiger partial charge on any atom is 0.254 e. The first-order valence-electron chi connectivity index (χ1n) is 13.2. The Kier molecular flexibility index (Phi) is 8.99. The fraction of sp³-hybridized carbons (Fsp3) is 0.355. The number of amides is 2. The monoisotopic (exact) mass is 533 g/mol. The summed E-state index contributed by atoms with van der Waals surface area (Å²) in [5, 5.41) is 21.1. The Morgan fingerprint density at radius 1 is 0.872 bits per heavy atom. The average molecular weight is 534 g/mol. The van der Waals surface area contributed by atoms with E-state index >= 15 is 0 Å². The molecule has 7 nitrogen and oxygen atoms in total. The molecule has 4 rings (SSSR count). The molecule has 2 amide bonds. The average Bonchev–Trinajstić information content (AvgIpc) is 2.96. The molecule has 0 unspecified atom stereocenters. The van der Waals surface area contributed by atoms with Gasteiger partial charge in [0.25, 0.3) is 11.8 Å². The summed E-state index contributed by atoms with van der Waals surface area (Å²) in [6, 6.07) is 22.6. The zero-order valence-corrected chi connectivity index (χ0v) is 22.6. The minimum absolute atomic E-state index is 0.213. The molecule has 206 valence electrons. The second-order valence-electron chi connectivity index (χ2n) is 10.3. The minimum atomic E-state index is -1.88. The number of piperazine rings is 1. The molecule has 1 heterocycles. The van der Waals surface area contributed by atoms with Crippen molar-refractivity contribution in [3.05, 3.63) is 89.7 Å². The van der Waals surface area contributed by atoms with Gasteiger partial charge in [-0.25, -0.2) is 4.39 Å². The molecule has 8 heteroatoms. The van der Waals surface area contributed by atoms with Crippen LogP contribution in [0.5, 0.6) is 0 Å². The summed E-state index contributed by atoms with van der Waals surface area (Å²) in [5.41, 5.74) is 4.81. The van der Waals surface area contributed by atoms with Crippen molar-refractivity contribution in [3.63, 3.8) is 0 Å². The van der Waals surface area contributed by atoms with E-state index in [9.17, 15) is 24.2 Å². The van der Waals surface area contributed by atoms with Crippen LogP contribution in [0.25, 0.3) is 11.1 Å². The highest BCUT2D eigenvalue weighted by atomic mass is 19.1. The number of hydrogen-bond acceptors (Lipinski definition) is 5. The molecule has 2 atom stereocenters. The molecule has 1 aliphatic heterocycles. The topological polar surface area (TPSA) is 84.3 Å². The number of carbonyl (C=O) groups excluding carboxylic acids is 2. The van der Waals surface area contributed by atoms with E-state index in [0.29, 0.717) is 24.7 Å². The molecule has 0 aliphatic carbocycles. The smallest absolute Gasteiger partial charge is 0.254 e. The van der Waals surface area contributed by atoms with Gasteiger partial charge in [0.15, 0.2) is 12.2 Å². The van der Waals surface area contributed by atoms with Crippen LogP contribution in [0.1, 0.15) is 30.9 Å². The van der Waals surface area contributed by atoms with E-state index in [4.69, 9.17) is 0 Å². The molecule has 3 aromatic carbocycles. The second-order valence-corrected chi connectivity index (χ2v) is 10.3. The number of likely N-dealkylation sites (N-methyl/N-ethyl adjacent to an activating group) is 1. The summed E-state index contributed by atoms with van der Waals surface area (Å²) in [4.78, 5) is 30.2. The first-order valence-corrected chi connectivity index (χ1v) is 13.2. The lowest BCUT2D eigenvalue weighted by molar-refractivity contribution is -0.157. The van der Waals surface area contributed by atoms with Crippen LogP contribution in [-0.4, -0.2) is 77.3 Å². The van der Waals surface area contributed by atoms with Crippen LogP contribution in [0.4, 0.5) is 10.1 Å². The molecule has 1 aliphatic rings. The van der Waals surface area contributed by atoms with Crippen molar-refractivity contribution in [2.75, 3.05) is 38.1 Å². The van der Waals surface area contributed by atoms with E-state index in [1.807, 2.05) is 41.3 Å². The SMILES string of the molecule is CC(C)c1ccccc1-c1ccc(CN(C)C(=O)[C@H](O)[C@@H](O)C(=O)N2CCN(c3ccccc3F)CC2)cc1. The molecule has 0 bridgehead atoms. The molecular weight excluding hydrogens is 497 g/mol. The molecule has 1 saturated heterocycles. The van der Waals surface area contributed by atoms with Gasteiger partial charge in [-0.05, 0) is 40.3 Å². The van der Waals surface area contributed by atoms with E-state index < -0.39 is 24.0 Å². The van der Waals surface area contributed by atoms with Crippen molar-refractivity contribution < 1.29 is 24.2 Å². The van der Waals surface area contributed by atoms with Crippen LogP contribution < -0.4 is 4.90 Å². The number of aliphatic hydroxyl groups excluding tert-OH is 2. The zero-order chi connectivity index (χ0) is 28.1. The highest BCUT2D eigenvalue weighted by Crippen LogP contribution is 2.29. The standard InChI is InChI=1S/C31H36FN3O4/c1-21(2)24-8-4-5-9-25(24)23-14-12-22(13-15-23)20-33(3)30(38)28(36)29(37)31(39)35-18-16-34(17-19-35)27-11-7-6-10-26(27)32/h4-15,21,28-29,36-37H,16-20H2,1-3H3/t28-,29-/m1/s1. The molecule has 3 aromatic rings. The number of halogens is 1. The summed E-state index contributed by atoms with van der Waals surface area (Å²) in [6.45, 7) is 5.76. The van der Waals surface area contributed by atoms with E-state index in [1.165, 1.54) is 28.5 Å². The van der Waals surface area contributed by atoms with Gasteiger partial charge < -0.3 is 24.9 Å². The van der Waals surface area contributed by atoms with Gasteiger partial charge in [-0.15, -0.1) is 0 Å². The van der Waals surface area contributed by atoms with Crippen LogP contribution in [-0.2, 0) is 16.1 Å². The summed E-state index contributed by atoms with van der Waals surface area (Å²) in [6.07, 6.45) is -3.76.